The molecular weight excluding hydrogens is 544 g/mol. The van der Waals surface area contributed by atoms with E-state index >= 15 is 0 Å². The lowest BCUT2D eigenvalue weighted by Gasteiger charge is -2.31. The summed E-state index contributed by atoms with van der Waals surface area (Å²) in [6.45, 7) is 3.63. The van der Waals surface area contributed by atoms with E-state index in [0.717, 1.165) is 59.6 Å². The van der Waals surface area contributed by atoms with Gasteiger partial charge in [-0.3, -0.25) is 0 Å². The summed E-state index contributed by atoms with van der Waals surface area (Å²) < 4.78 is 0. The Kier molecular flexibility index (Phi) is 4.76. The second-order valence-electron chi connectivity index (χ2n) is 12.6. The van der Waals surface area contributed by atoms with Crippen LogP contribution in [0.5, 0.6) is 11.5 Å². The lowest BCUT2D eigenvalue weighted by Crippen LogP contribution is -2.23. The third-order valence-corrected chi connectivity index (χ3v) is 10.0. The third kappa shape index (κ3) is 3.14. The average Bonchev–Trinajstić information content (AvgIpc) is 3.03. The number of benzene rings is 9. The van der Waals surface area contributed by atoms with Crippen LogP contribution in [0.25, 0.3) is 64.6 Å². The van der Waals surface area contributed by atoms with Crippen LogP contribution in [0.15, 0.2) is 109 Å². The van der Waals surface area contributed by atoms with E-state index in [-0.39, 0.29) is 11.5 Å². The van der Waals surface area contributed by atoms with Crippen LogP contribution in [0, 0.1) is 0 Å². The molecule has 0 radical (unpaired) electrons. The molecule has 0 aromatic heterocycles. The van der Waals surface area contributed by atoms with Crippen molar-refractivity contribution in [1.82, 2.24) is 0 Å². The van der Waals surface area contributed by atoms with Crippen LogP contribution in [-0.4, -0.2) is 20.4 Å². The number of rotatable bonds is 4. The molecule has 0 aliphatic rings. The molecule has 4 N–H and O–H groups in total. The van der Waals surface area contributed by atoms with Crippen molar-refractivity contribution in [2.24, 2.45) is 0 Å². The molecule has 0 spiro atoms. The van der Waals surface area contributed by atoms with Crippen LogP contribution in [-0.2, 0) is 11.2 Å². The van der Waals surface area contributed by atoms with Crippen molar-refractivity contribution in [1.29, 1.82) is 0 Å². The first-order chi connectivity index (χ1) is 21.1. The molecule has 4 heteroatoms. The lowest BCUT2D eigenvalue weighted by molar-refractivity contribution is 0.103. The van der Waals surface area contributed by atoms with Crippen molar-refractivity contribution in [3.05, 3.63) is 131 Å². The Bertz CT molecular complexity index is 2370. The Morgan fingerprint density at radius 3 is 1.11 bits per heavy atom. The number of hydrogen-bond acceptors (Lipinski definition) is 4. The van der Waals surface area contributed by atoms with E-state index in [1.165, 1.54) is 16.2 Å². The standard InChI is InChI=1S/C40H28O4/c1-39(43,25-9-13-27(41)14-10-25)31-19-23-5-3-21-4-6-24-20-32(40(2,44)26-11-15-28(42)16-12-26)30-18-8-22-7-17-29(31)37-34(22)38(30)36(24)33(21)35(23)37/h3-20,41-44H,1-2H3. The van der Waals surface area contributed by atoms with Crippen LogP contribution < -0.4 is 0 Å². The zero-order valence-corrected chi connectivity index (χ0v) is 24.2. The first kappa shape index (κ1) is 25.3. The first-order valence-electron chi connectivity index (χ1n) is 14.8. The zero-order valence-electron chi connectivity index (χ0n) is 24.2. The Balaban J connectivity index is 1.47. The van der Waals surface area contributed by atoms with Gasteiger partial charge in [-0.2, -0.15) is 0 Å². The number of phenolic OH excluding ortho intramolecular Hbond substituents is 2. The highest BCUT2D eigenvalue weighted by Gasteiger charge is 2.33. The van der Waals surface area contributed by atoms with Gasteiger partial charge in [-0.05, 0) is 137 Å². The molecule has 0 amide bonds. The van der Waals surface area contributed by atoms with Gasteiger partial charge in [0.25, 0.3) is 0 Å². The fraction of sp³-hybridized carbons (Fsp3) is 0.100. The average molecular weight is 573 g/mol. The van der Waals surface area contributed by atoms with Crippen LogP contribution in [0.3, 0.4) is 0 Å². The van der Waals surface area contributed by atoms with Crippen LogP contribution >= 0.6 is 0 Å². The molecule has 2 atom stereocenters. The smallest absolute Gasteiger partial charge is 0.115 e. The fourth-order valence-corrected chi connectivity index (χ4v) is 7.77. The summed E-state index contributed by atoms with van der Waals surface area (Å²) in [5, 5.41) is 57.4. The van der Waals surface area contributed by atoms with E-state index < -0.39 is 11.2 Å². The highest BCUT2D eigenvalue weighted by atomic mass is 16.3. The number of aliphatic hydroxyl groups is 2. The third-order valence-electron chi connectivity index (χ3n) is 10.0. The van der Waals surface area contributed by atoms with Gasteiger partial charge in [0.15, 0.2) is 0 Å². The number of aromatic hydroxyl groups is 2. The Hall–Kier alpha value is -5.16. The largest absolute Gasteiger partial charge is 0.508 e. The monoisotopic (exact) mass is 572 g/mol. The van der Waals surface area contributed by atoms with Crippen LogP contribution in [0.1, 0.15) is 36.1 Å². The van der Waals surface area contributed by atoms with Crippen molar-refractivity contribution in [3.8, 4) is 11.5 Å². The van der Waals surface area contributed by atoms with Gasteiger partial charge in [0, 0.05) is 0 Å². The van der Waals surface area contributed by atoms with Gasteiger partial charge >= 0.3 is 0 Å². The SMILES string of the molecule is CC(O)(c1ccc(O)cc1)c1cc2ccc3ccc4cc(C(C)(O)c5ccc(O)cc5)c5ccc6ccc1c1c2c3c4c5c61. The lowest BCUT2D eigenvalue weighted by atomic mass is 9.76. The maximum absolute atomic E-state index is 12.2. The second kappa shape index (κ2) is 8.26. The molecule has 212 valence electrons. The summed E-state index contributed by atoms with van der Waals surface area (Å²) in [5.74, 6) is 0.309. The summed E-state index contributed by atoms with van der Waals surface area (Å²) >= 11 is 0. The molecule has 0 saturated carbocycles. The van der Waals surface area contributed by atoms with E-state index in [2.05, 4.69) is 60.7 Å². The summed E-state index contributed by atoms with van der Waals surface area (Å²) in [6.07, 6.45) is 0. The highest BCUT2D eigenvalue weighted by Crippen LogP contribution is 2.52. The van der Waals surface area contributed by atoms with E-state index in [0.29, 0.717) is 11.1 Å². The molecule has 0 fully saturated rings. The number of phenols is 2. The van der Waals surface area contributed by atoms with Crippen molar-refractivity contribution in [3.63, 3.8) is 0 Å². The molecular formula is C40H28O4. The van der Waals surface area contributed by atoms with E-state index in [4.69, 9.17) is 0 Å². The first-order valence-corrected chi connectivity index (χ1v) is 14.8. The topological polar surface area (TPSA) is 80.9 Å². The molecule has 0 saturated heterocycles. The molecule has 0 aliphatic heterocycles. The normalized spacial score (nSPS) is 15.4. The van der Waals surface area contributed by atoms with Gasteiger partial charge < -0.3 is 20.4 Å². The fourth-order valence-electron chi connectivity index (χ4n) is 7.77. The minimum atomic E-state index is -1.32. The quantitative estimate of drug-likeness (QED) is 0.125. The molecule has 0 heterocycles. The van der Waals surface area contributed by atoms with Gasteiger partial charge in [-0.25, -0.2) is 0 Å². The van der Waals surface area contributed by atoms with Gasteiger partial charge in [0.2, 0.25) is 0 Å². The second-order valence-corrected chi connectivity index (χ2v) is 12.6. The summed E-state index contributed by atoms with van der Waals surface area (Å²) in [7, 11) is 0. The van der Waals surface area contributed by atoms with Gasteiger partial charge in [0.05, 0.1) is 0 Å². The van der Waals surface area contributed by atoms with Crippen molar-refractivity contribution < 1.29 is 20.4 Å². The Morgan fingerprint density at radius 2 is 0.705 bits per heavy atom. The molecule has 0 bridgehead atoms. The van der Waals surface area contributed by atoms with Gasteiger partial charge in [-0.15, -0.1) is 0 Å². The predicted octanol–water partition coefficient (Wildman–Crippen LogP) is 8.84. The Labute approximate surface area is 252 Å². The summed E-state index contributed by atoms with van der Waals surface area (Å²) in [6, 6.07) is 34.8. The number of hydrogen-bond donors (Lipinski definition) is 4. The molecule has 44 heavy (non-hydrogen) atoms. The van der Waals surface area contributed by atoms with Crippen LogP contribution in [0.2, 0.25) is 0 Å². The van der Waals surface area contributed by atoms with Crippen molar-refractivity contribution in [2.45, 2.75) is 25.0 Å². The van der Waals surface area contributed by atoms with Gasteiger partial charge in [0.1, 0.15) is 22.7 Å². The maximum atomic E-state index is 12.2. The molecule has 9 aromatic rings. The molecule has 4 nitrogen and oxygen atoms in total. The van der Waals surface area contributed by atoms with Crippen molar-refractivity contribution >= 4 is 64.6 Å². The summed E-state index contributed by atoms with van der Waals surface area (Å²) in [4.78, 5) is 0. The van der Waals surface area contributed by atoms with E-state index in [9.17, 15) is 20.4 Å². The molecule has 0 aliphatic carbocycles. The highest BCUT2D eigenvalue weighted by molar-refractivity contribution is 6.45. The molecule has 2 unspecified atom stereocenters. The van der Waals surface area contributed by atoms with E-state index in [1.54, 1.807) is 48.5 Å². The van der Waals surface area contributed by atoms with E-state index in [1.807, 2.05) is 13.8 Å². The maximum Gasteiger partial charge on any atom is 0.115 e. The molecule has 9 rings (SSSR count). The minimum absolute atomic E-state index is 0.154. The van der Waals surface area contributed by atoms with Crippen LogP contribution in [0.4, 0.5) is 0 Å². The predicted molar refractivity (Wildman–Crippen MR) is 179 cm³/mol. The molecule has 9 aromatic carbocycles. The minimum Gasteiger partial charge on any atom is -0.508 e. The van der Waals surface area contributed by atoms with Crippen molar-refractivity contribution in [2.75, 3.05) is 0 Å². The zero-order chi connectivity index (χ0) is 30.1. The summed E-state index contributed by atoms with van der Waals surface area (Å²) in [5.41, 5.74) is 0.340. The Morgan fingerprint density at radius 1 is 0.386 bits per heavy atom. The van der Waals surface area contributed by atoms with Gasteiger partial charge in [-0.1, -0.05) is 72.8 Å².